The molecule has 0 atom stereocenters. The molecule has 1 heterocycles. The number of piperidine rings is 1. The highest BCUT2D eigenvalue weighted by Gasteiger charge is 2.27. The molecule has 0 saturated carbocycles. The Balaban J connectivity index is 1.40. The number of ketones is 1. The van der Waals surface area contributed by atoms with E-state index in [2.05, 4.69) is 10.2 Å². The molecule has 4 rings (SSSR count). The zero-order chi connectivity index (χ0) is 29.2. The lowest BCUT2D eigenvalue weighted by atomic mass is 9.89. The number of rotatable bonds is 12. The van der Waals surface area contributed by atoms with Gasteiger partial charge in [0.05, 0.1) is 7.11 Å². The molecular formula is C33H38FN3O4. The number of nitrogens with one attached hydrogen (secondary N) is 1. The average Bonchev–Trinajstić information content (AvgIpc) is 3.01. The number of likely N-dealkylation sites (tertiary alicyclic amines) is 1. The van der Waals surface area contributed by atoms with Crippen LogP contribution in [0.3, 0.4) is 0 Å². The number of benzene rings is 3. The van der Waals surface area contributed by atoms with E-state index < -0.39 is 0 Å². The molecule has 8 heteroatoms. The standard InChI is InChI=1S/C33H38FN3O4/c1-3-4-8-31(38)35-28-15-11-26(12-16-28)33(40)37(29-6-5-7-30(23-29)41-2)22-21-36-19-17-25(18-20-36)32(39)24-9-13-27(34)14-10-24/h5-7,9-16,23,25H,3-4,8,17-22H2,1-2H3,(H,35,38). The number of ether oxygens (including phenoxy) is 1. The lowest BCUT2D eigenvalue weighted by Crippen LogP contribution is -2.42. The number of amides is 2. The molecule has 0 unspecified atom stereocenters. The van der Waals surface area contributed by atoms with Crippen LogP contribution in [0.4, 0.5) is 15.8 Å². The van der Waals surface area contributed by atoms with Gasteiger partial charge in [-0.1, -0.05) is 19.4 Å². The first-order valence-electron chi connectivity index (χ1n) is 14.3. The predicted octanol–water partition coefficient (Wildman–Crippen LogP) is 6.20. The molecular weight excluding hydrogens is 521 g/mol. The summed E-state index contributed by atoms with van der Waals surface area (Å²) in [5.41, 5.74) is 2.45. The van der Waals surface area contributed by atoms with Crippen LogP contribution in [0, 0.1) is 11.7 Å². The summed E-state index contributed by atoms with van der Waals surface area (Å²) in [6.45, 7) is 4.62. The number of carbonyl (C=O) groups is 3. The molecule has 3 aromatic rings. The van der Waals surface area contributed by atoms with Gasteiger partial charge in [0.25, 0.3) is 5.91 Å². The van der Waals surface area contributed by atoms with Crippen molar-refractivity contribution in [2.24, 2.45) is 5.92 Å². The quantitative estimate of drug-likeness (QED) is 0.267. The molecule has 1 fully saturated rings. The summed E-state index contributed by atoms with van der Waals surface area (Å²) >= 11 is 0. The lowest BCUT2D eigenvalue weighted by molar-refractivity contribution is -0.116. The highest BCUT2D eigenvalue weighted by molar-refractivity contribution is 6.06. The fraction of sp³-hybridized carbons (Fsp3) is 0.364. The van der Waals surface area contributed by atoms with E-state index in [9.17, 15) is 18.8 Å². The van der Waals surface area contributed by atoms with Crippen LogP contribution in [-0.4, -0.2) is 55.8 Å². The van der Waals surface area contributed by atoms with Crippen LogP contribution in [0.1, 0.15) is 59.7 Å². The Bertz CT molecular complexity index is 1320. The van der Waals surface area contributed by atoms with Crippen molar-refractivity contribution in [1.29, 1.82) is 0 Å². The van der Waals surface area contributed by atoms with Crippen molar-refractivity contribution in [2.45, 2.75) is 39.0 Å². The first-order valence-corrected chi connectivity index (χ1v) is 14.3. The minimum absolute atomic E-state index is 0.0351. The number of anilines is 2. The number of methoxy groups -OCH3 is 1. The fourth-order valence-corrected chi connectivity index (χ4v) is 5.05. The molecule has 1 aliphatic rings. The second-order valence-electron chi connectivity index (χ2n) is 10.4. The number of carbonyl (C=O) groups excluding carboxylic acids is 3. The minimum atomic E-state index is -0.350. The third kappa shape index (κ3) is 8.24. The van der Waals surface area contributed by atoms with Crippen LogP contribution in [0.5, 0.6) is 5.75 Å². The number of nitrogens with zero attached hydrogens (tertiary/aromatic N) is 2. The molecule has 3 aromatic carbocycles. The van der Waals surface area contributed by atoms with Crippen molar-refractivity contribution in [1.82, 2.24) is 4.90 Å². The number of unbranched alkanes of at least 4 members (excludes halogenated alkanes) is 1. The van der Waals surface area contributed by atoms with Crippen LogP contribution < -0.4 is 15.0 Å². The van der Waals surface area contributed by atoms with Gasteiger partial charge in [-0.05, 0) is 93.0 Å². The molecule has 1 saturated heterocycles. The van der Waals surface area contributed by atoms with E-state index in [1.165, 1.54) is 12.1 Å². The maximum Gasteiger partial charge on any atom is 0.258 e. The largest absolute Gasteiger partial charge is 0.497 e. The summed E-state index contributed by atoms with van der Waals surface area (Å²) in [5.74, 6) is 0.0920. The van der Waals surface area contributed by atoms with Gasteiger partial charge >= 0.3 is 0 Å². The van der Waals surface area contributed by atoms with Gasteiger partial charge in [0, 0.05) is 54.0 Å². The highest BCUT2D eigenvalue weighted by Crippen LogP contribution is 2.25. The van der Waals surface area contributed by atoms with E-state index in [1.54, 1.807) is 48.4 Å². The van der Waals surface area contributed by atoms with Crippen LogP contribution in [0.25, 0.3) is 0 Å². The SMILES string of the molecule is CCCCC(=O)Nc1ccc(C(=O)N(CCN2CCC(C(=O)c3ccc(F)cc3)CC2)c2cccc(OC)c2)cc1. The minimum Gasteiger partial charge on any atom is -0.497 e. The molecule has 216 valence electrons. The highest BCUT2D eigenvalue weighted by atomic mass is 19.1. The second kappa shape index (κ2) is 14.6. The zero-order valence-corrected chi connectivity index (χ0v) is 23.8. The fourth-order valence-electron chi connectivity index (χ4n) is 5.05. The van der Waals surface area contributed by atoms with E-state index >= 15 is 0 Å². The van der Waals surface area contributed by atoms with Crippen LogP contribution in [-0.2, 0) is 4.79 Å². The van der Waals surface area contributed by atoms with Gasteiger partial charge in [-0.3, -0.25) is 14.4 Å². The Labute approximate surface area is 241 Å². The van der Waals surface area contributed by atoms with E-state index in [4.69, 9.17) is 4.74 Å². The van der Waals surface area contributed by atoms with Crippen LogP contribution in [0.15, 0.2) is 72.8 Å². The Morgan fingerprint density at radius 2 is 1.66 bits per heavy atom. The predicted molar refractivity (Wildman–Crippen MR) is 159 cm³/mol. The third-order valence-corrected chi connectivity index (χ3v) is 7.51. The summed E-state index contributed by atoms with van der Waals surface area (Å²) < 4.78 is 18.7. The Hall–Kier alpha value is -4.04. The molecule has 1 aliphatic heterocycles. The molecule has 0 radical (unpaired) electrons. The maximum atomic E-state index is 13.7. The van der Waals surface area contributed by atoms with Crippen molar-refractivity contribution in [3.63, 3.8) is 0 Å². The second-order valence-corrected chi connectivity index (χ2v) is 10.4. The molecule has 1 N–H and O–H groups in total. The lowest BCUT2D eigenvalue weighted by Gasteiger charge is -2.33. The molecule has 0 bridgehead atoms. The first-order chi connectivity index (χ1) is 19.9. The van der Waals surface area contributed by atoms with Gasteiger partial charge < -0.3 is 19.9 Å². The average molecular weight is 560 g/mol. The van der Waals surface area contributed by atoms with E-state index in [0.29, 0.717) is 42.1 Å². The van der Waals surface area contributed by atoms with Crippen molar-refractivity contribution in [3.8, 4) is 5.75 Å². The summed E-state index contributed by atoms with van der Waals surface area (Å²) in [4.78, 5) is 42.7. The van der Waals surface area contributed by atoms with Crippen LogP contribution in [0.2, 0.25) is 0 Å². The van der Waals surface area contributed by atoms with Gasteiger partial charge in [-0.15, -0.1) is 0 Å². The van der Waals surface area contributed by atoms with Crippen molar-refractivity contribution >= 4 is 29.0 Å². The summed E-state index contributed by atoms with van der Waals surface area (Å²) in [6.07, 6.45) is 3.69. The van der Waals surface area contributed by atoms with E-state index in [-0.39, 0.29) is 29.3 Å². The van der Waals surface area contributed by atoms with Gasteiger partial charge in [0.2, 0.25) is 5.91 Å². The molecule has 41 heavy (non-hydrogen) atoms. The molecule has 0 aliphatic carbocycles. The number of hydrogen-bond donors (Lipinski definition) is 1. The molecule has 2 amide bonds. The monoisotopic (exact) mass is 559 g/mol. The summed E-state index contributed by atoms with van der Waals surface area (Å²) in [7, 11) is 1.59. The molecule has 0 spiro atoms. The first kappa shape index (κ1) is 29.9. The van der Waals surface area contributed by atoms with Crippen molar-refractivity contribution < 1.29 is 23.5 Å². The number of hydrogen-bond acceptors (Lipinski definition) is 5. The summed E-state index contributed by atoms with van der Waals surface area (Å²) in [5, 5.41) is 2.88. The number of Topliss-reactive ketones (excluding diaryl/α,β-unsaturated/α-hetero) is 1. The summed E-state index contributed by atoms with van der Waals surface area (Å²) in [6, 6.07) is 20.1. The maximum absolute atomic E-state index is 13.7. The third-order valence-electron chi connectivity index (χ3n) is 7.51. The van der Waals surface area contributed by atoms with Crippen molar-refractivity contribution in [3.05, 3.63) is 89.7 Å². The normalized spacial score (nSPS) is 13.9. The van der Waals surface area contributed by atoms with E-state index in [1.807, 2.05) is 31.2 Å². The van der Waals surface area contributed by atoms with Gasteiger partial charge in [-0.2, -0.15) is 0 Å². The smallest absolute Gasteiger partial charge is 0.258 e. The Kier molecular flexibility index (Phi) is 10.6. The topological polar surface area (TPSA) is 79.0 Å². The van der Waals surface area contributed by atoms with Crippen molar-refractivity contribution in [2.75, 3.05) is 43.5 Å². The van der Waals surface area contributed by atoms with Gasteiger partial charge in [0.15, 0.2) is 5.78 Å². The van der Waals surface area contributed by atoms with Gasteiger partial charge in [0.1, 0.15) is 11.6 Å². The van der Waals surface area contributed by atoms with E-state index in [0.717, 1.165) is 44.5 Å². The number of halogens is 1. The molecule has 7 nitrogen and oxygen atoms in total. The Morgan fingerprint density at radius 3 is 2.32 bits per heavy atom. The Morgan fingerprint density at radius 1 is 0.976 bits per heavy atom. The van der Waals surface area contributed by atoms with Crippen LogP contribution >= 0.6 is 0 Å². The zero-order valence-electron chi connectivity index (χ0n) is 23.8. The molecule has 0 aromatic heterocycles. The van der Waals surface area contributed by atoms with Gasteiger partial charge in [-0.25, -0.2) is 4.39 Å².